The molecule has 106 valence electrons. The Morgan fingerprint density at radius 3 is 2.95 bits per heavy atom. The van der Waals surface area contributed by atoms with Crippen molar-refractivity contribution in [3.63, 3.8) is 0 Å². The molecule has 0 aromatic carbocycles. The van der Waals surface area contributed by atoms with Crippen LogP contribution in [0.4, 0.5) is 5.69 Å². The fourth-order valence-corrected chi connectivity index (χ4v) is 3.35. The molecule has 0 atom stereocenters. The number of rotatable bonds is 4. The second kappa shape index (κ2) is 6.05. The molecule has 5 heteroatoms. The summed E-state index contributed by atoms with van der Waals surface area (Å²) in [4.78, 5) is 17.2. The number of aryl methyl sites for hydroxylation is 2. The number of hydrogen-bond acceptors (Lipinski definition) is 4. The second-order valence-electron chi connectivity index (χ2n) is 4.68. The van der Waals surface area contributed by atoms with E-state index in [1.807, 2.05) is 39.0 Å². The molecule has 0 fully saturated rings. The van der Waals surface area contributed by atoms with Crippen LogP contribution in [0.15, 0.2) is 18.2 Å². The van der Waals surface area contributed by atoms with E-state index >= 15 is 0 Å². The highest BCUT2D eigenvalue weighted by atomic mass is 32.1. The number of thiophene rings is 1. The van der Waals surface area contributed by atoms with E-state index in [1.165, 1.54) is 11.3 Å². The third-order valence-electron chi connectivity index (χ3n) is 3.06. The van der Waals surface area contributed by atoms with Crippen LogP contribution in [0.2, 0.25) is 0 Å². The van der Waals surface area contributed by atoms with Crippen LogP contribution in [0.1, 0.15) is 34.4 Å². The number of hydrogen-bond donors (Lipinski definition) is 2. The molecule has 3 N–H and O–H groups in total. The highest BCUT2D eigenvalue weighted by Crippen LogP contribution is 2.35. The first kappa shape index (κ1) is 14.5. The number of carbonyl (C=O) groups excluding carboxylic acids is 1. The smallest absolute Gasteiger partial charge is 0.263 e. The molecule has 0 radical (unpaired) electrons. The number of carbonyl (C=O) groups is 1. The largest absolute Gasteiger partial charge is 0.397 e. The molecule has 4 nitrogen and oxygen atoms in total. The number of allylic oxidation sites excluding steroid dienone is 1. The lowest BCUT2D eigenvalue weighted by Gasteiger charge is -2.02. The van der Waals surface area contributed by atoms with Gasteiger partial charge in [-0.25, -0.2) is 0 Å². The minimum absolute atomic E-state index is 0.106. The summed E-state index contributed by atoms with van der Waals surface area (Å²) < 4.78 is 1.02. The Balaban J connectivity index is 2.28. The van der Waals surface area contributed by atoms with Crippen LogP contribution >= 0.6 is 11.3 Å². The maximum absolute atomic E-state index is 12.2. The number of aromatic nitrogens is 1. The van der Waals surface area contributed by atoms with E-state index in [0.29, 0.717) is 17.1 Å². The predicted octanol–water partition coefficient (Wildman–Crippen LogP) is 3.19. The topological polar surface area (TPSA) is 68.0 Å². The van der Waals surface area contributed by atoms with Crippen molar-refractivity contribution in [3.05, 3.63) is 34.5 Å². The zero-order valence-electron chi connectivity index (χ0n) is 12.0. The van der Waals surface area contributed by atoms with E-state index in [1.54, 1.807) is 0 Å². The van der Waals surface area contributed by atoms with Crippen molar-refractivity contribution in [3.8, 4) is 0 Å². The Kier molecular flexibility index (Phi) is 4.39. The van der Waals surface area contributed by atoms with Gasteiger partial charge in [-0.3, -0.25) is 9.78 Å². The van der Waals surface area contributed by atoms with Crippen LogP contribution in [-0.2, 0) is 0 Å². The predicted molar refractivity (Wildman–Crippen MR) is 85.3 cm³/mol. The van der Waals surface area contributed by atoms with Gasteiger partial charge < -0.3 is 11.1 Å². The third-order valence-corrected chi connectivity index (χ3v) is 4.21. The van der Waals surface area contributed by atoms with Gasteiger partial charge in [-0.2, -0.15) is 0 Å². The monoisotopic (exact) mass is 289 g/mol. The van der Waals surface area contributed by atoms with Crippen LogP contribution in [-0.4, -0.2) is 17.4 Å². The summed E-state index contributed by atoms with van der Waals surface area (Å²) in [5, 5.41) is 3.79. The normalized spacial score (nSPS) is 11.3. The van der Waals surface area contributed by atoms with Crippen molar-refractivity contribution in [1.29, 1.82) is 0 Å². The van der Waals surface area contributed by atoms with Gasteiger partial charge >= 0.3 is 0 Å². The molecule has 0 aliphatic rings. The lowest BCUT2D eigenvalue weighted by Crippen LogP contribution is -2.23. The molecule has 0 saturated carbocycles. The van der Waals surface area contributed by atoms with Gasteiger partial charge in [-0.1, -0.05) is 12.2 Å². The molecular formula is C15H19N3OS. The summed E-state index contributed by atoms with van der Waals surface area (Å²) in [6, 6.07) is 1.97. The number of nitrogen functional groups attached to an aromatic ring is 1. The van der Waals surface area contributed by atoms with E-state index in [9.17, 15) is 4.79 Å². The van der Waals surface area contributed by atoms with Gasteiger partial charge in [0.05, 0.1) is 5.69 Å². The molecule has 0 saturated heterocycles. The van der Waals surface area contributed by atoms with E-state index < -0.39 is 0 Å². The van der Waals surface area contributed by atoms with Crippen LogP contribution in [0.25, 0.3) is 10.1 Å². The number of anilines is 1. The molecule has 20 heavy (non-hydrogen) atoms. The van der Waals surface area contributed by atoms with Crippen molar-refractivity contribution in [2.24, 2.45) is 0 Å². The Morgan fingerprint density at radius 2 is 2.25 bits per heavy atom. The molecule has 2 aromatic heterocycles. The number of fused-ring (bicyclic) bond motifs is 1. The van der Waals surface area contributed by atoms with Crippen molar-refractivity contribution < 1.29 is 4.79 Å². The SMILES string of the molecule is C/C=C/CCNC(=O)c1sc2cc(C)nc(C)c2c1N. The van der Waals surface area contributed by atoms with E-state index in [0.717, 1.165) is 27.9 Å². The number of nitrogens with two attached hydrogens (primary N) is 1. The minimum atomic E-state index is -0.106. The molecule has 2 rings (SSSR count). The van der Waals surface area contributed by atoms with Gasteiger partial charge in [-0.15, -0.1) is 11.3 Å². The van der Waals surface area contributed by atoms with Crippen molar-refractivity contribution in [1.82, 2.24) is 10.3 Å². The average molecular weight is 289 g/mol. The molecule has 2 heterocycles. The van der Waals surface area contributed by atoms with Gasteiger partial charge in [0.1, 0.15) is 4.88 Å². The van der Waals surface area contributed by atoms with E-state index in [-0.39, 0.29) is 5.91 Å². The summed E-state index contributed by atoms with van der Waals surface area (Å²) in [5.41, 5.74) is 8.47. The molecular weight excluding hydrogens is 270 g/mol. The first-order valence-electron chi connectivity index (χ1n) is 6.60. The maximum Gasteiger partial charge on any atom is 0.263 e. The molecule has 2 aromatic rings. The van der Waals surface area contributed by atoms with Gasteiger partial charge in [-0.05, 0) is 33.3 Å². The third kappa shape index (κ3) is 2.82. The van der Waals surface area contributed by atoms with Crippen LogP contribution in [0.3, 0.4) is 0 Å². The van der Waals surface area contributed by atoms with Crippen molar-refractivity contribution in [2.75, 3.05) is 12.3 Å². The maximum atomic E-state index is 12.2. The standard InChI is InChI=1S/C15H19N3OS/c1-4-5-6-7-17-15(19)14-13(16)12-10(3)18-9(2)8-11(12)20-14/h4-5,8H,6-7,16H2,1-3H3,(H,17,19)/b5-4+. The van der Waals surface area contributed by atoms with E-state index in [4.69, 9.17) is 5.73 Å². The molecule has 1 amide bonds. The molecule has 0 aliphatic heterocycles. The Labute approximate surface area is 122 Å². The molecule has 0 aliphatic carbocycles. The second-order valence-corrected chi connectivity index (χ2v) is 5.73. The van der Waals surface area contributed by atoms with Gasteiger partial charge in [0.25, 0.3) is 5.91 Å². The van der Waals surface area contributed by atoms with Crippen LogP contribution < -0.4 is 11.1 Å². The number of nitrogens with zero attached hydrogens (tertiary/aromatic N) is 1. The zero-order chi connectivity index (χ0) is 14.7. The number of amides is 1. The van der Waals surface area contributed by atoms with Crippen molar-refractivity contribution >= 4 is 33.0 Å². The fourth-order valence-electron chi connectivity index (χ4n) is 2.16. The number of nitrogens with one attached hydrogen (secondary N) is 1. The summed E-state index contributed by atoms with van der Waals surface area (Å²) in [6.07, 6.45) is 4.82. The quantitative estimate of drug-likeness (QED) is 0.671. The van der Waals surface area contributed by atoms with Gasteiger partial charge in [0.2, 0.25) is 0 Å². The van der Waals surface area contributed by atoms with Gasteiger partial charge in [0, 0.05) is 28.0 Å². The lowest BCUT2D eigenvalue weighted by atomic mass is 10.2. The highest BCUT2D eigenvalue weighted by Gasteiger charge is 2.18. The van der Waals surface area contributed by atoms with Crippen molar-refractivity contribution in [2.45, 2.75) is 27.2 Å². The Morgan fingerprint density at radius 1 is 1.50 bits per heavy atom. The van der Waals surface area contributed by atoms with E-state index in [2.05, 4.69) is 10.3 Å². The highest BCUT2D eigenvalue weighted by molar-refractivity contribution is 7.21. The molecule has 0 spiro atoms. The fraction of sp³-hybridized carbons (Fsp3) is 0.333. The molecule has 0 unspecified atom stereocenters. The first-order valence-corrected chi connectivity index (χ1v) is 7.41. The molecule has 0 bridgehead atoms. The summed E-state index contributed by atoms with van der Waals surface area (Å²) >= 11 is 1.43. The summed E-state index contributed by atoms with van der Waals surface area (Å²) in [7, 11) is 0. The summed E-state index contributed by atoms with van der Waals surface area (Å²) in [6.45, 7) is 6.45. The number of pyridine rings is 1. The zero-order valence-corrected chi connectivity index (χ0v) is 12.8. The minimum Gasteiger partial charge on any atom is -0.397 e. The average Bonchev–Trinajstić information content (AvgIpc) is 2.71. The Bertz CT molecular complexity index is 673. The Hall–Kier alpha value is -1.88. The lowest BCUT2D eigenvalue weighted by molar-refractivity contribution is 0.0959. The van der Waals surface area contributed by atoms with Gasteiger partial charge in [0.15, 0.2) is 0 Å². The summed E-state index contributed by atoms with van der Waals surface area (Å²) in [5.74, 6) is -0.106. The van der Waals surface area contributed by atoms with Crippen LogP contribution in [0.5, 0.6) is 0 Å². The first-order chi connectivity index (χ1) is 9.54. The van der Waals surface area contributed by atoms with Crippen LogP contribution in [0, 0.1) is 13.8 Å².